The van der Waals surface area contributed by atoms with Crippen LogP contribution in [0.5, 0.6) is 0 Å². The molecule has 15 heavy (non-hydrogen) atoms. The van der Waals surface area contributed by atoms with Crippen LogP contribution < -0.4 is 5.73 Å². The largest absolute Gasteiger partial charge is 0.443 e. The molecule has 2 aromatic rings. The number of benzene rings is 1. The molecule has 0 radical (unpaired) electrons. The second kappa shape index (κ2) is 4.04. The van der Waals surface area contributed by atoms with Gasteiger partial charge in [0.05, 0.1) is 5.02 Å². The van der Waals surface area contributed by atoms with E-state index >= 15 is 0 Å². The van der Waals surface area contributed by atoms with Gasteiger partial charge in [-0.25, -0.2) is 4.98 Å². The Morgan fingerprint density at radius 3 is 2.93 bits per heavy atom. The van der Waals surface area contributed by atoms with Gasteiger partial charge in [0.25, 0.3) is 0 Å². The zero-order chi connectivity index (χ0) is 10.8. The molecule has 0 aliphatic rings. The Bertz CT molecular complexity index is 479. The van der Waals surface area contributed by atoms with Crippen LogP contribution in [0.15, 0.2) is 29.0 Å². The molecule has 0 aliphatic carbocycles. The van der Waals surface area contributed by atoms with Crippen LogP contribution >= 0.6 is 11.6 Å². The minimum atomic E-state index is 0.343. The first-order valence-corrected chi connectivity index (χ1v) is 4.99. The van der Waals surface area contributed by atoms with Crippen LogP contribution in [-0.4, -0.2) is 4.98 Å². The van der Waals surface area contributed by atoms with E-state index in [9.17, 15) is 0 Å². The van der Waals surface area contributed by atoms with Gasteiger partial charge < -0.3 is 10.2 Å². The van der Waals surface area contributed by atoms with Gasteiger partial charge in [0, 0.05) is 12.1 Å². The molecule has 0 spiro atoms. The topological polar surface area (TPSA) is 52.0 Å². The summed E-state index contributed by atoms with van der Waals surface area (Å²) in [7, 11) is 0. The molecule has 4 heteroatoms. The molecule has 0 amide bonds. The van der Waals surface area contributed by atoms with Crippen LogP contribution in [0, 0.1) is 6.92 Å². The summed E-state index contributed by atoms with van der Waals surface area (Å²) in [6.45, 7) is 2.33. The highest BCUT2D eigenvalue weighted by atomic mass is 35.5. The lowest BCUT2D eigenvalue weighted by atomic mass is 10.1. The van der Waals surface area contributed by atoms with Gasteiger partial charge in [0.1, 0.15) is 5.69 Å². The molecule has 3 nitrogen and oxygen atoms in total. The van der Waals surface area contributed by atoms with Gasteiger partial charge in [-0.1, -0.05) is 17.7 Å². The fraction of sp³-hybridized carbons (Fsp3) is 0.182. The quantitative estimate of drug-likeness (QED) is 0.850. The predicted molar refractivity (Wildman–Crippen MR) is 59.6 cm³/mol. The van der Waals surface area contributed by atoms with Crippen molar-refractivity contribution in [1.82, 2.24) is 4.98 Å². The number of hydrogen-bond acceptors (Lipinski definition) is 3. The molecule has 78 valence electrons. The average molecular weight is 223 g/mol. The van der Waals surface area contributed by atoms with Gasteiger partial charge in [0.2, 0.25) is 0 Å². The normalized spacial score (nSPS) is 10.6. The molecule has 0 saturated heterocycles. The van der Waals surface area contributed by atoms with Gasteiger partial charge in [-0.05, 0) is 24.6 Å². The van der Waals surface area contributed by atoms with Crippen molar-refractivity contribution in [2.45, 2.75) is 13.5 Å². The Labute approximate surface area is 92.9 Å². The lowest BCUT2D eigenvalue weighted by Gasteiger charge is -2.03. The van der Waals surface area contributed by atoms with E-state index in [1.807, 2.05) is 25.1 Å². The van der Waals surface area contributed by atoms with Crippen molar-refractivity contribution in [1.29, 1.82) is 0 Å². The first-order chi connectivity index (χ1) is 7.22. The fourth-order valence-electron chi connectivity index (χ4n) is 1.44. The van der Waals surface area contributed by atoms with Gasteiger partial charge in [-0.2, -0.15) is 0 Å². The van der Waals surface area contributed by atoms with Crippen molar-refractivity contribution in [3.05, 3.63) is 40.9 Å². The van der Waals surface area contributed by atoms with Crippen LogP contribution in [0.4, 0.5) is 0 Å². The Hall–Kier alpha value is -1.32. The maximum Gasteiger partial charge on any atom is 0.181 e. The molecule has 0 atom stereocenters. The lowest BCUT2D eigenvalue weighted by molar-refractivity contribution is 0.571. The first kappa shape index (κ1) is 10.2. The van der Waals surface area contributed by atoms with Crippen LogP contribution in [0.1, 0.15) is 11.3 Å². The Morgan fingerprint density at radius 1 is 1.47 bits per heavy atom. The molecule has 0 saturated carbocycles. The van der Waals surface area contributed by atoms with Crippen molar-refractivity contribution in [2.75, 3.05) is 0 Å². The standard InChI is InChI=1S/C11H11ClN2O/c1-7-2-3-8(9(12)4-7)11-10(5-13)14-6-15-11/h2-4,6H,5,13H2,1H3. The maximum absolute atomic E-state index is 6.12. The minimum absolute atomic E-state index is 0.343. The summed E-state index contributed by atoms with van der Waals surface area (Å²) in [5.41, 5.74) is 8.21. The summed E-state index contributed by atoms with van der Waals surface area (Å²) in [6, 6.07) is 5.78. The molecule has 1 aromatic carbocycles. The lowest BCUT2D eigenvalue weighted by Crippen LogP contribution is -1.98. The number of oxazole rings is 1. The van der Waals surface area contributed by atoms with Gasteiger partial charge in [0.15, 0.2) is 12.2 Å². The van der Waals surface area contributed by atoms with Gasteiger partial charge in [-0.3, -0.25) is 0 Å². The average Bonchev–Trinajstić information content (AvgIpc) is 2.65. The van der Waals surface area contributed by atoms with Crippen LogP contribution in [0.25, 0.3) is 11.3 Å². The molecule has 2 rings (SSSR count). The smallest absolute Gasteiger partial charge is 0.181 e. The number of aryl methyl sites for hydroxylation is 1. The summed E-state index contributed by atoms with van der Waals surface area (Å²) < 4.78 is 5.29. The van der Waals surface area contributed by atoms with E-state index < -0.39 is 0 Å². The summed E-state index contributed by atoms with van der Waals surface area (Å²) >= 11 is 6.12. The summed E-state index contributed by atoms with van der Waals surface area (Å²) in [5.74, 6) is 0.655. The Balaban J connectivity index is 2.54. The molecular formula is C11H11ClN2O. The van der Waals surface area contributed by atoms with E-state index in [2.05, 4.69) is 4.98 Å². The molecular weight excluding hydrogens is 212 g/mol. The second-order valence-corrected chi connectivity index (χ2v) is 3.72. The number of nitrogens with zero attached hydrogens (tertiary/aromatic N) is 1. The third-order valence-corrected chi connectivity index (χ3v) is 2.52. The third-order valence-electron chi connectivity index (χ3n) is 2.20. The fourth-order valence-corrected chi connectivity index (χ4v) is 1.76. The van der Waals surface area contributed by atoms with E-state index in [1.54, 1.807) is 0 Å². The zero-order valence-electron chi connectivity index (χ0n) is 8.33. The Morgan fingerprint density at radius 2 is 2.27 bits per heavy atom. The first-order valence-electron chi connectivity index (χ1n) is 4.61. The van der Waals surface area contributed by atoms with Crippen molar-refractivity contribution >= 4 is 11.6 Å². The van der Waals surface area contributed by atoms with Crippen molar-refractivity contribution in [3.8, 4) is 11.3 Å². The highest BCUT2D eigenvalue weighted by Gasteiger charge is 2.12. The van der Waals surface area contributed by atoms with Gasteiger partial charge >= 0.3 is 0 Å². The molecule has 0 bridgehead atoms. The van der Waals surface area contributed by atoms with Crippen LogP contribution in [-0.2, 0) is 6.54 Å². The number of hydrogen-bond donors (Lipinski definition) is 1. The van der Waals surface area contributed by atoms with E-state index in [0.717, 1.165) is 16.8 Å². The second-order valence-electron chi connectivity index (χ2n) is 3.32. The summed E-state index contributed by atoms with van der Waals surface area (Å²) in [6.07, 6.45) is 1.38. The zero-order valence-corrected chi connectivity index (χ0v) is 9.08. The highest BCUT2D eigenvalue weighted by molar-refractivity contribution is 6.33. The molecule has 0 fully saturated rings. The number of nitrogens with two attached hydrogens (primary N) is 1. The maximum atomic E-state index is 6.12. The van der Waals surface area contributed by atoms with E-state index in [-0.39, 0.29) is 0 Å². The SMILES string of the molecule is Cc1ccc(-c2ocnc2CN)c(Cl)c1. The van der Waals surface area contributed by atoms with Crippen molar-refractivity contribution in [2.24, 2.45) is 5.73 Å². The molecule has 2 N–H and O–H groups in total. The van der Waals surface area contributed by atoms with Crippen LogP contribution in [0.2, 0.25) is 5.02 Å². The number of rotatable bonds is 2. The summed E-state index contributed by atoms with van der Waals surface area (Å²) in [5, 5.41) is 0.654. The molecule has 0 unspecified atom stereocenters. The van der Waals surface area contributed by atoms with E-state index in [0.29, 0.717) is 17.3 Å². The number of halogens is 1. The van der Waals surface area contributed by atoms with E-state index in [1.165, 1.54) is 6.39 Å². The highest BCUT2D eigenvalue weighted by Crippen LogP contribution is 2.30. The van der Waals surface area contributed by atoms with E-state index in [4.69, 9.17) is 21.8 Å². The molecule has 1 heterocycles. The summed E-state index contributed by atoms with van der Waals surface area (Å²) in [4.78, 5) is 4.02. The third kappa shape index (κ3) is 1.89. The number of aromatic nitrogens is 1. The monoisotopic (exact) mass is 222 g/mol. The minimum Gasteiger partial charge on any atom is -0.443 e. The van der Waals surface area contributed by atoms with Crippen LogP contribution in [0.3, 0.4) is 0 Å². The van der Waals surface area contributed by atoms with Crippen molar-refractivity contribution in [3.63, 3.8) is 0 Å². The molecule has 1 aromatic heterocycles. The van der Waals surface area contributed by atoms with Crippen molar-refractivity contribution < 1.29 is 4.42 Å². The Kier molecular flexibility index (Phi) is 2.75. The molecule has 0 aliphatic heterocycles. The van der Waals surface area contributed by atoms with Gasteiger partial charge in [-0.15, -0.1) is 0 Å². The predicted octanol–water partition coefficient (Wildman–Crippen LogP) is 2.76.